The van der Waals surface area contributed by atoms with Gasteiger partial charge in [0.2, 0.25) is 0 Å². The number of nitrogens with zero attached hydrogens (tertiary/aromatic N) is 2. The van der Waals surface area contributed by atoms with Crippen molar-refractivity contribution in [1.29, 1.82) is 0 Å². The number of primary amides is 1. The van der Waals surface area contributed by atoms with Crippen molar-refractivity contribution in [2.75, 3.05) is 32.8 Å². The van der Waals surface area contributed by atoms with Crippen LogP contribution in [0.15, 0.2) is 54.7 Å². The molecule has 216 valence electrons. The summed E-state index contributed by atoms with van der Waals surface area (Å²) in [5.41, 5.74) is 11.5. The van der Waals surface area contributed by atoms with Gasteiger partial charge in [0.15, 0.2) is 6.61 Å². The van der Waals surface area contributed by atoms with E-state index in [1.807, 2.05) is 18.2 Å². The van der Waals surface area contributed by atoms with Crippen molar-refractivity contribution < 1.29 is 19.4 Å². The van der Waals surface area contributed by atoms with Crippen LogP contribution in [-0.2, 0) is 17.6 Å². The Balaban J connectivity index is 1.04. The van der Waals surface area contributed by atoms with Crippen molar-refractivity contribution in [3.8, 4) is 22.6 Å². The highest BCUT2D eigenvalue weighted by Gasteiger charge is 2.26. The largest absolute Gasteiger partial charge is 0.508 e. The SMILES string of the molecule is NC(=O)COc1c(C2CCN(CCCCNC(=O)c3ccc(-c4ccc(O)cc4)cn3)CC2)ccc2c1CCCC2. The Morgan fingerprint density at radius 2 is 1.73 bits per heavy atom. The van der Waals surface area contributed by atoms with Crippen molar-refractivity contribution in [3.63, 3.8) is 0 Å². The lowest BCUT2D eigenvalue weighted by Gasteiger charge is -2.34. The number of hydrogen-bond acceptors (Lipinski definition) is 6. The zero-order valence-electron chi connectivity index (χ0n) is 23.6. The van der Waals surface area contributed by atoms with E-state index in [-0.39, 0.29) is 18.3 Å². The van der Waals surface area contributed by atoms with Crippen LogP contribution in [-0.4, -0.2) is 59.6 Å². The van der Waals surface area contributed by atoms with Crippen molar-refractivity contribution in [2.24, 2.45) is 5.73 Å². The monoisotopic (exact) mass is 556 g/mol. The Hall–Kier alpha value is -3.91. The number of ether oxygens (including phenoxy) is 1. The summed E-state index contributed by atoms with van der Waals surface area (Å²) in [5.74, 6) is 0.959. The van der Waals surface area contributed by atoms with Gasteiger partial charge in [0.25, 0.3) is 11.8 Å². The molecule has 0 radical (unpaired) electrons. The number of aromatic hydroxyl groups is 1. The molecule has 0 spiro atoms. The Morgan fingerprint density at radius 1 is 0.976 bits per heavy atom. The van der Waals surface area contributed by atoms with Crippen LogP contribution in [0.4, 0.5) is 0 Å². The van der Waals surface area contributed by atoms with Gasteiger partial charge < -0.3 is 25.8 Å². The molecule has 1 aromatic heterocycles. The number of unbranched alkanes of at least 4 members (excludes halogenated alkanes) is 1. The minimum absolute atomic E-state index is 0.0694. The minimum Gasteiger partial charge on any atom is -0.508 e. The number of fused-ring (bicyclic) bond motifs is 1. The number of carbonyl (C=O) groups is 2. The third-order valence-corrected chi connectivity index (χ3v) is 8.28. The second-order valence-corrected chi connectivity index (χ2v) is 11.1. The van der Waals surface area contributed by atoms with Crippen LogP contribution in [0.25, 0.3) is 11.1 Å². The number of phenols is 1. The second kappa shape index (κ2) is 13.6. The highest BCUT2D eigenvalue weighted by Crippen LogP contribution is 2.40. The summed E-state index contributed by atoms with van der Waals surface area (Å²) in [7, 11) is 0. The molecule has 1 aliphatic heterocycles. The Labute approximate surface area is 241 Å². The lowest BCUT2D eigenvalue weighted by Crippen LogP contribution is -2.34. The number of amides is 2. The first-order chi connectivity index (χ1) is 20.0. The van der Waals surface area contributed by atoms with E-state index in [4.69, 9.17) is 10.5 Å². The zero-order chi connectivity index (χ0) is 28.6. The normalized spacial score (nSPS) is 15.7. The van der Waals surface area contributed by atoms with Gasteiger partial charge in [-0.3, -0.25) is 14.6 Å². The number of carbonyl (C=O) groups excluding carboxylic acids is 2. The van der Waals surface area contributed by atoms with Crippen LogP contribution in [0.5, 0.6) is 11.5 Å². The van der Waals surface area contributed by atoms with Crippen LogP contribution in [0.3, 0.4) is 0 Å². The van der Waals surface area contributed by atoms with Gasteiger partial charge in [-0.1, -0.05) is 30.3 Å². The van der Waals surface area contributed by atoms with Gasteiger partial charge in [-0.05, 0) is 117 Å². The predicted molar refractivity (Wildman–Crippen MR) is 159 cm³/mol. The van der Waals surface area contributed by atoms with E-state index in [0.29, 0.717) is 18.2 Å². The summed E-state index contributed by atoms with van der Waals surface area (Å²) in [6.07, 6.45) is 10.2. The molecule has 1 aliphatic carbocycles. The molecule has 2 amide bonds. The molecule has 0 bridgehead atoms. The molecule has 5 rings (SSSR count). The van der Waals surface area contributed by atoms with E-state index in [2.05, 4.69) is 27.3 Å². The van der Waals surface area contributed by atoms with Crippen molar-refractivity contribution >= 4 is 11.8 Å². The number of nitrogens with two attached hydrogens (primary N) is 1. The summed E-state index contributed by atoms with van der Waals surface area (Å²) >= 11 is 0. The van der Waals surface area contributed by atoms with Gasteiger partial charge in [-0.25, -0.2) is 0 Å². The summed E-state index contributed by atoms with van der Waals surface area (Å²) in [4.78, 5) is 30.8. The summed E-state index contributed by atoms with van der Waals surface area (Å²) in [5, 5.41) is 12.4. The number of phenolic OH excluding ortho intramolecular Hbond substituents is 1. The highest BCUT2D eigenvalue weighted by molar-refractivity contribution is 5.92. The molecular weight excluding hydrogens is 516 g/mol. The molecule has 8 nitrogen and oxygen atoms in total. The van der Waals surface area contributed by atoms with Gasteiger partial charge in [0, 0.05) is 18.3 Å². The Bertz CT molecular complexity index is 1330. The number of nitrogens with one attached hydrogen (secondary N) is 1. The third kappa shape index (κ3) is 7.44. The standard InChI is InChI=1S/C33H40N4O4/c34-31(39)22-41-32-28-6-2-1-5-24(28)9-13-29(32)25-15-19-37(20-16-25)18-4-3-17-35-33(40)30-14-10-26(21-36-30)23-7-11-27(38)12-8-23/h7-14,21,25,38H,1-6,15-20,22H2,(H2,34,39)(H,35,40). The maximum absolute atomic E-state index is 12.5. The number of piperidine rings is 1. The fourth-order valence-electron chi connectivity index (χ4n) is 6.02. The molecule has 0 atom stereocenters. The van der Waals surface area contributed by atoms with Crippen LogP contribution >= 0.6 is 0 Å². The molecule has 2 heterocycles. The maximum atomic E-state index is 12.5. The molecule has 0 unspecified atom stereocenters. The van der Waals surface area contributed by atoms with Gasteiger partial charge in [0.1, 0.15) is 17.2 Å². The quantitative estimate of drug-likeness (QED) is 0.298. The molecular formula is C33H40N4O4. The number of hydrogen-bond donors (Lipinski definition) is 3. The van der Waals surface area contributed by atoms with Crippen molar-refractivity contribution in [2.45, 2.75) is 57.3 Å². The Kier molecular flexibility index (Phi) is 9.51. The number of aromatic nitrogens is 1. The number of likely N-dealkylation sites (tertiary alicyclic amines) is 1. The van der Waals surface area contributed by atoms with Gasteiger partial charge >= 0.3 is 0 Å². The lowest BCUT2D eigenvalue weighted by atomic mass is 9.83. The fraction of sp³-hybridized carbons (Fsp3) is 0.424. The van der Waals surface area contributed by atoms with Crippen LogP contribution in [0.1, 0.15) is 71.6 Å². The van der Waals surface area contributed by atoms with Crippen LogP contribution in [0.2, 0.25) is 0 Å². The maximum Gasteiger partial charge on any atom is 0.269 e. The molecule has 8 heteroatoms. The van der Waals surface area contributed by atoms with E-state index in [0.717, 1.165) is 81.5 Å². The van der Waals surface area contributed by atoms with E-state index >= 15 is 0 Å². The van der Waals surface area contributed by atoms with Gasteiger partial charge in [0.05, 0.1) is 0 Å². The Morgan fingerprint density at radius 3 is 2.46 bits per heavy atom. The topological polar surface area (TPSA) is 118 Å². The van der Waals surface area contributed by atoms with E-state index in [1.165, 1.54) is 23.1 Å². The first-order valence-electron chi connectivity index (χ1n) is 14.8. The molecule has 2 aromatic carbocycles. The molecule has 41 heavy (non-hydrogen) atoms. The zero-order valence-corrected chi connectivity index (χ0v) is 23.6. The predicted octanol–water partition coefficient (Wildman–Crippen LogP) is 4.59. The minimum atomic E-state index is -0.435. The highest BCUT2D eigenvalue weighted by atomic mass is 16.5. The number of benzene rings is 2. The molecule has 2 aliphatic rings. The second-order valence-electron chi connectivity index (χ2n) is 11.1. The van der Waals surface area contributed by atoms with Gasteiger partial charge in [-0.2, -0.15) is 0 Å². The van der Waals surface area contributed by atoms with Crippen LogP contribution in [0, 0.1) is 0 Å². The molecule has 0 saturated carbocycles. The smallest absolute Gasteiger partial charge is 0.269 e. The van der Waals surface area contributed by atoms with E-state index in [9.17, 15) is 14.7 Å². The molecule has 1 fully saturated rings. The van der Waals surface area contributed by atoms with Crippen LogP contribution < -0.4 is 15.8 Å². The summed E-state index contributed by atoms with van der Waals surface area (Å²) < 4.78 is 6.01. The average molecular weight is 557 g/mol. The first-order valence-corrected chi connectivity index (χ1v) is 14.8. The van der Waals surface area contributed by atoms with E-state index < -0.39 is 5.91 Å². The molecule has 3 aromatic rings. The number of pyridine rings is 1. The lowest BCUT2D eigenvalue weighted by molar-refractivity contribution is -0.120. The van der Waals surface area contributed by atoms with Gasteiger partial charge in [-0.15, -0.1) is 0 Å². The summed E-state index contributed by atoms with van der Waals surface area (Å²) in [6, 6.07) is 15.0. The average Bonchev–Trinajstić information content (AvgIpc) is 3.00. The fourth-order valence-corrected chi connectivity index (χ4v) is 6.02. The first kappa shape index (κ1) is 28.6. The van der Waals surface area contributed by atoms with Crippen molar-refractivity contribution in [1.82, 2.24) is 15.2 Å². The summed E-state index contributed by atoms with van der Waals surface area (Å²) in [6.45, 7) is 3.62. The van der Waals surface area contributed by atoms with Crippen molar-refractivity contribution in [3.05, 3.63) is 77.1 Å². The third-order valence-electron chi connectivity index (χ3n) is 8.28. The molecule has 4 N–H and O–H groups in total. The molecule has 1 saturated heterocycles. The van der Waals surface area contributed by atoms with E-state index in [1.54, 1.807) is 24.4 Å². The number of rotatable bonds is 11. The number of aryl methyl sites for hydroxylation is 1.